The Bertz CT molecular complexity index is 755. The van der Waals surface area contributed by atoms with Crippen LogP contribution in [-0.4, -0.2) is 41.6 Å². The molecule has 0 spiro atoms. The summed E-state index contributed by atoms with van der Waals surface area (Å²) in [5.41, 5.74) is 0.609. The van der Waals surface area contributed by atoms with Gasteiger partial charge in [-0.05, 0) is 26.8 Å². The quantitative estimate of drug-likeness (QED) is 0.619. The molecule has 0 aliphatic rings. The molecule has 4 N–H and O–H groups in total. The average Bonchev–Trinajstić information content (AvgIpc) is 3.10. The molecule has 0 aliphatic heterocycles. The van der Waals surface area contributed by atoms with Gasteiger partial charge in [-0.25, -0.2) is 9.59 Å². The molecule has 9 heteroatoms. The second kappa shape index (κ2) is 8.93. The molecule has 9 nitrogen and oxygen atoms in total. The van der Waals surface area contributed by atoms with Gasteiger partial charge in [0.25, 0.3) is 0 Å². The molecule has 0 unspecified atom stereocenters. The molecule has 0 aliphatic carbocycles. The summed E-state index contributed by atoms with van der Waals surface area (Å²) < 4.78 is 10.7. The fourth-order valence-electron chi connectivity index (χ4n) is 2.33. The number of amides is 3. The van der Waals surface area contributed by atoms with Crippen LogP contribution in [0.2, 0.25) is 0 Å². The highest BCUT2D eigenvalue weighted by Gasteiger charge is 2.23. The lowest BCUT2D eigenvalue weighted by atomic mass is 10.1. The van der Waals surface area contributed by atoms with Crippen molar-refractivity contribution in [2.45, 2.75) is 32.4 Å². The highest BCUT2D eigenvalue weighted by atomic mass is 16.6. The number of carbonyl (C=O) groups is 2. The largest absolute Gasteiger partial charge is 0.496 e. The number of benzene rings is 1. The van der Waals surface area contributed by atoms with E-state index >= 15 is 0 Å². The Balaban J connectivity index is 2.09. The van der Waals surface area contributed by atoms with Gasteiger partial charge in [0.05, 0.1) is 25.0 Å². The van der Waals surface area contributed by atoms with Crippen molar-refractivity contribution in [3.05, 3.63) is 42.2 Å². The summed E-state index contributed by atoms with van der Waals surface area (Å²) in [6.07, 6.45) is 2.45. The maximum absolute atomic E-state index is 12.2. The van der Waals surface area contributed by atoms with Crippen LogP contribution in [0.4, 0.5) is 15.3 Å². The summed E-state index contributed by atoms with van der Waals surface area (Å²) in [6.45, 7) is 5.47. The van der Waals surface area contributed by atoms with Crippen molar-refractivity contribution in [2.24, 2.45) is 0 Å². The minimum absolute atomic E-state index is 0.128. The van der Waals surface area contributed by atoms with E-state index in [9.17, 15) is 9.59 Å². The number of rotatable bonds is 6. The highest BCUT2D eigenvalue weighted by Crippen LogP contribution is 2.25. The Morgan fingerprint density at radius 3 is 2.63 bits per heavy atom. The zero-order valence-electron chi connectivity index (χ0n) is 15.8. The van der Waals surface area contributed by atoms with E-state index in [-0.39, 0.29) is 6.54 Å². The number of hydrogen-bond donors (Lipinski definition) is 4. The Morgan fingerprint density at radius 2 is 2.00 bits per heavy atom. The van der Waals surface area contributed by atoms with Crippen molar-refractivity contribution >= 4 is 17.8 Å². The monoisotopic (exact) mass is 375 g/mol. The molecule has 1 heterocycles. The number of ether oxygens (including phenoxy) is 2. The first-order valence-electron chi connectivity index (χ1n) is 8.44. The Hall–Kier alpha value is -3.23. The van der Waals surface area contributed by atoms with Gasteiger partial charge in [0, 0.05) is 18.3 Å². The molecule has 2 aromatic rings. The summed E-state index contributed by atoms with van der Waals surface area (Å²) in [5.74, 6) is 0.593. The van der Waals surface area contributed by atoms with Gasteiger partial charge in [-0.15, -0.1) is 0 Å². The zero-order valence-corrected chi connectivity index (χ0v) is 15.8. The summed E-state index contributed by atoms with van der Waals surface area (Å²) in [6, 6.07) is 6.27. The molecule has 1 atom stereocenters. The molecule has 2 rings (SSSR count). The first kappa shape index (κ1) is 20.1. The maximum Gasteiger partial charge on any atom is 0.408 e. The molecule has 146 valence electrons. The number of para-hydroxylation sites is 1. The molecule has 27 heavy (non-hydrogen) atoms. The fraction of sp³-hybridized carbons (Fsp3) is 0.389. The van der Waals surface area contributed by atoms with Crippen LogP contribution in [0.5, 0.6) is 5.75 Å². The molecule has 3 amide bonds. The van der Waals surface area contributed by atoms with Gasteiger partial charge in [-0.3, -0.25) is 5.10 Å². The predicted octanol–water partition coefficient (Wildman–Crippen LogP) is 2.81. The molecule has 0 bridgehead atoms. The standard InChI is InChI=1S/C18H25N5O4/c1-18(2,3)27-17(25)23-14(13-7-5-6-8-15(13)26-4)11-19-16(24)22-12-9-20-21-10-12/h5-10,14H,11H2,1-4H3,(H,20,21)(H,23,25)(H2,19,22,24)/t14-/m0/s1. The van der Waals surface area contributed by atoms with Crippen molar-refractivity contribution in [1.29, 1.82) is 0 Å². The van der Waals surface area contributed by atoms with Crippen LogP contribution in [-0.2, 0) is 4.74 Å². The van der Waals surface area contributed by atoms with E-state index in [1.807, 2.05) is 18.2 Å². The van der Waals surface area contributed by atoms with Crippen molar-refractivity contribution in [2.75, 3.05) is 19.0 Å². The lowest BCUT2D eigenvalue weighted by Gasteiger charge is -2.25. The summed E-state index contributed by atoms with van der Waals surface area (Å²) in [7, 11) is 1.54. The molecular weight excluding hydrogens is 350 g/mol. The van der Waals surface area contributed by atoms with E-state index in [1.165, 1.54) is 6.20 Å². The Labute approximate surface area is 157 Å². The van der Waals surface area contributed by atoms with E-state index in [0.717, 1.165) is 5.56 Å². The predicted molar refractivity (Wildman–Crippen MR) is 101 cm³/mol. The van der Waals surface area contributed by atoms with Crippen LogP contribution in [0.1, 0.15) is 32.4 Å². The number of anilines is 1. The zero-order chi connectivity index (χ0) is 19.9. The topological polar surface area (TPSA) is 117 Å². The van der Waals surface area contributed by atoms with Crippen molar-refractivity contribution in [3.8, 4) is 5.75 Å². The van der Waals surface area contributed by atoms with Crippen molar-refractivity contribution in [1.82, 2.24) is 20.8 Å². The van der Waals surface area contributed by atoms with Crippen LogP contribution in [0.15, 0.2) is 36.7 Å². The first-order chi connectivity index (χ1) is 12.8. The van der Waals surface area contributed by atoms with Gasteiger partial charge in [0.2, 0.25) is 0 Å². The third kappa shape index (κ3) is 6.53. The lowest BCUT2D eigenvalue weighted by molar-refractivity contribution is 0.0503. The minimum Gasteiger partial charge on any atom is -0.496 e. The second-order valence-electron chi connectivity index (χ2n) is 6.76. The van der Waals surface area contributed by atoms with E-state index in [0.29, 0.717) is 11.4 Å². The summed E-state index contributed by atoms with van der Waals surface area (Å²) in [5, 5.41) is 14.5. The number of hydrogen-bond acceptors (Lipinski definition) is 5. The van der Waals surface area contributed by atoms with Gasteiger partial charge in [-0.1, -0.05) is 18.2 Å². The van der Waals surface area contributed by atoms with Crippen LogP contribution in [0, 0.1) is 0 Å². The molecule has 1 aromatic heterocycles. The number of aromatic nitrogens is 2. The third-order valence-corrected chi connectivity index (χ3v) is 3.43. The van der Waals surface area contributed by atoms with E-state index in [4.69, 9.17) is 9.47 Å². The minimum atomic E-state index is -0.637. The number of nitrogens with one attached hydrogen (secondary N) is 4. The third-order valence-electron chi connectivity index (χ3n) is 3.43. The SMILES string of the molecule is COc1ccccc1[C@H](CNC(=O)Nc1cn[nH]c1)NC(=O)OC(C)(C)C. The molecular formula is C18H25N5O4. The number of H-pyrrole nitrogens is 1. The van der Waals surface area contributed by atoms with Crippen LogP contribution < -0.4 is 20.7 Å². The van der Waals surface area contributed by atoms with Crippen molar-refractivity contribution < 1.29 is 19.1 Å². The Morgan fingerprint density at radius 1 is 1.26 bits per heavy atom. The molecule has 0 radical (unpaired) electrons. The Kier molecular flexibility index (Phi) is 6.64. The van der Waals surface area contributed by atoms with E-state index < -0.39 is 23.8 Å². The number of nitrogens with zero attached hydrogens (tertiary/aromatic N) is 1. The first-order valence-corrected chi connectivity index (χ1v) is 8.44. The average molecular weight is 375 g/mol. The fourth-order valence-corrected chi connectivity index (χ4v) is 2.33. The summed E-state index contributed by atoms with van der Waals surface area (Å²) >= 11 is 0. The number of methoxy groups -OCH3 is 1. The van der Waals surface area contributed by atoms with Crippen molar-refractivity contribution in [3.63, 3.8) is 0 Å². The molecule has 1 aromatic carbocycles. The van der Waals surface area contributed by atoms with Gasteiger partial charge < -0.3 is 25.4 Å². The number of carbonyl (C=O) groups excluding carboxylic acids is 2. The number of alkyl carbamates (subject to hydrolysis) is 1. The molecule has 0 saturated heterocycles. The van der Waals surface area contributed by atoms with Gasteiger partial charge in [-0.2, -0.15) is 5.10 Å². The number of aromatic amines is 1. The lowest BCUT2D eigenvalue weighted by Crippen LogP contribution is -2.41. The van der Waals surface area contributed by atoms with E-state index in [1.54, 1.807) is 40.1 Å². The van der Waals surface area contributed by atoms with Gasteiger partial charge in [0.15, 0.2) is 0 Å². The van der Waals surface area contributed by atoms with Crippen LogP contribution >= 0.6 is 0 Å². The van der Waals surface area contributed by atoms with Gasteiger partial charge >= 0.3 is 12.1 Å². The van der Waals surface area contributed by atoms with Crippen LogP contribution in [0.25, 0.3) is 0 Å². The summed E-state index contributed by atoms with van der Waals surface area (Å²) in [4.78, 5) is 24.3. The smallest absolute Gasteiger partial charge is 0.408 e. The molecule has 0 fully saturated rings. The second-order valence-corrected chi connectivity index (χ2v) is 6.76. The molecule has 0 saturated carbocycles. The number of urea groups is 1. The normalized spacial score (nSPS) is 12.0. The van der Waals surface area contributed by atoms with Gasteiger partial charge in [0.1, 0.15) is 11.4 Å². The highest BCUT2D eigenvalue weighted by molar-refractivity contribution is 5.88. The van der Waals surface area contributed by atoms with E-state index in [2.05, 4.69) is 26.1 Å². The maximum atomic E-state index is 12.2. The van der Waals surface area contributed by atoms with Crippen LogP contribution in [0.3, 0.4) is 0 Å².